The normalized spacial score (nSPS) is 15.2. The van der Waals surface area contributed by atoms with Gasteiger partial charge in [0.25, 0.3) is 5.91 Å². The van der Waals surface area contributed by atoms with Crippen LogP contribution in [-0.4, -0.2) is 32.1 Å². The molecule has 0 radical (unpaired) electrons. The van der Waals surface area contributed by atoms with Gasteiger partial charge in [-0.2, -0.15) is 0 Å². The summed E-state index contributed by atoms with van der Waals surface area (Å²) in [7, 11) is 0. The van der Waals surface area contributed by atoms with Crippen molar-refractivity contribution in [3.8, 4) is 0 Å². The quantitative estimate of drug-likeness (QED) is 0.703. The average molecular weight is 337 g/mol. The van der Waals surface area contributed by atoms with Crippen LogP contribution in [0.1, 0.15) is 35.4 Å². The highest BCUT2D eigenvalue weighted by Crippen LogP contribution is 2.31. The first kappa shape index (κ1) is 16.2. The van der Waals surface area contributed by atoms with Crippen molar-refractivity contribution in [2.45, 2.75) is 26.2 Å². The fourth-order valence-corrected chi connectivity index (χ4v) is 3.91. The number of aryl methyl sites for hydroxylation is 1. The second-order valence-electron chi connectivity index (χ2n) is 7.04. The Morgan fingerprint density at radius 2 is 1.92 bits per heavy atom. The molecule has 4 heteroatoms. The molecule has 0 unspecified atom stereocenters. The van der Waals surface area contributed by atoms with Crippen molar-refractivity contribution in [3.63, 3.8) is 0 Å². The Balaban J connectivity index is 1.49. The van der Waals surface area contributed by atoms with Gasteiger partial charge in [0.2, 0.25) is 0 Å². The van der Waals surface area contributed by atoms with E-state index >= 15 is 0 Å². The van der Waals surface area contributed by atoms with Crippen LogP contribution in [0.4, 0.5) is 0 Å². The summed E-state index contributed by atoms with van der Waals surface area (Å²) in [6.45, 7) is 6.38. The number of hydrogen-bond acceptors (Lipinski definition) is 2. The van der Waals surface area contributed by atoms with E-state index in [1.807, 2.05) is 31.2 Å². The molecule has 0 spiro atoms. The number of rotatable bonds is 5. The van der Waals surface area contributed by atoms with E-state index < -0.39 is 0 Å². The van der Waals surface area contributed by atoms with E-state index in [1.54, 1.807) is 4.90 Å². The number of nitrogens with one attached hydrogen (secondary N) is 2. The highest BCUT2D eigenvalue weighted by molar-refractivity contribution is 6.08. The van der Waals surface area contributed by atoms with Gasteiger partial charge in [-0.15, -0.1) is 0 Å². The lowest BCUT2D eigenvalue weighted by Crippen LogP contribution is -3.10. The van der Waals surface area contributed by atoms with Crippen molar-refractivity contribution >= 4 is 27.6 Å². The number of fused-ring (bicyclic) bond motifs is 3. The van der Waals surface area contributed by atoms with Gasteiger partial charge in [0.15, 0.2) is 5.76 Å². The van der Waals surface area contributed by atoms with Gasteiger partial charge in [-0.25, -0.2) is 0 Å². The summed E-state index contributed by atoms with van der Waals surface area (Å²) >= 11 is 0. The monoisotopic (exact) mass is 337 g/mol. The fourth-order valence-electron chi connectivity index (χ4n) is 3.91. The molecule has 1 aliphatic rings. The molecule has 1 aliphatic heterocycles. The zero-order chi connectivity index (χ0) is 17.2. The van der Waals surface area contributed by atoms with Gasteiger partial charge in [-0.1, -0.05) is 36.4 Å². The summed E-state index contributed by atoms with van der Waals surface area (Å²) in [5.74, 6) is 0.342. The number of hydrogen-bond donors (Lipinski definition) is 2. The lowest BCUT2D eigenvalue weighted by molar-refractivity contribution is -0.887. The second kappa shape index (κ2) is 6.89. The molecule has 3 aromatic rings. The Morgan fingerprint density at radius 1 is 1.12 bits per heavy atom. The summed E-state index contributed by atoms with van der Waals surface area (Å²) in [5, 5.41) is 6.23. The molecule has 4 nitrogen and oxygen atoms in total. The maximum absolute atomic E-state index is 12.6. The maximum atomic E-state index is 12.6. The highest BCUT2D eigenvalue weighted by Gasteiger charge is 2.19. The molecule has 1 aromatic heterocycles. The van der Waals surface area contributed by atoms with Crippen LogP contribution in [0.5, 0.6) is 0 Å². The van der Waals surface area contributed by atoms with Gasteiger partial charge in [0.1, 0.15) is 5.58 Å². The number of amides is 1. The lowest BCUT2D eigenvalue weighted by Gasteiger charge is -2.11. The SMILES string of the molecule is Cc1c(C(=O)NCCC[NH+]2CCCC2)oc2c1ccc1ccccc12. The van der Waals surface area contributed by atoms with Crippen molar-refractivity contribution in [2.24, 2.45) is 0 Å². The molecule has 0 bridgehead atoms. The zero-order valence-electron chi connectivity index (χ0n) is 14.7. The highest BCUT2D eigenvalue weighted by atomic mass is 16.3. The summed E-state index contributed by atoms with van der Waals surface area (Å²) in [5.41, 5.74) is 1.73. The molecular formula is C21H25N2O2+. The Morgan fingerprint density at radius 3 is 2.76 bits per heavy atom. The number of quaternary nitrogens is 1. The molecule has 130 valence electrons. The van der Waals surface area contributed by atoms with Crippen LogP contribution in [0.2, 0.25) is 0 Å². The molecule has 1 fully saturated rings. The molecular weight excluding hydrogens is 312 g/mol. The van der Waals surface area contributed by atoms with Gasteiger partial charge in [0.05, 0.1) is 19.6 Å². The minimum absolute atomic E-state index is 0.103. The Hall–Kier alpha value is -2.33. The van der Waals surface area contributed by atoms with Gasteiger partial charge < -0.3 is 14.6 Å². The van der Waals surface area contributed by atoms with E-state index in [0.29, 0.717) is 12.3 Å². The van der Waals surface area contributed by atoms with Gasteiger partial charge in [-0.3, -0.25) is 4.79 Å². The third-order valence-corrected chi connectivity index (χ3v) is 5.34. The third kappa shape index (κ3) is 3.14. The van der Waals surface area contributed by atoms with Crippen LogP contribution in [0.3, 0.4) is 0 Å². The van der Waals surface area contributed by atoms with Crippen LogP contribution >= 0.6 is 0 Å². The molecule has 4 rings (SSSR count). The molecule has 2 N–H and O–H groups in total. The Kier molecular flexibility index (Phi) is 4.45. The number of likely N-dealkylation sites (tertiary alicyclic amines) is 1. The predicted molar refractivity (Wildman–Crippen MR) is 100 cm³/mol. The molecule has 1 amide bonds. The van der Waals surface area contributed by atoms with Crippen molar-refractivity contribution < 1.29 is 14.1 Å². The van der Waals surface area contributed by atoms with E-state index in [4.69, 9.17) is 4.42 Å². The summed E-state index contributed by atoms with van der Waals surface area (Å²) < 4.78 is 5.99. The largest absolute Gasteiger partial charge is 0.450 e. The first-order valence-corrected chi connectivity index (χ1v) is 9.26. The number of benzene rings is 2. The van der Waals surface area contributed by atoms with Gasteiger partial charge in [0, 0.05) is 42.1 Å². The van der Waals surface area contributed by atoms with Crippen molar-refractivity contribution in [1.29, 1.82) is 0 Å². The van der Waals surface area contributed by atoms with E-state index in [1.165, 1.54) is 25.9 Å². The summed E-state index contributed by atoms with van der Waals surface area (Å²) in [4.78, 5) is 14.2. The van der Waals surface area contributed by atoms with E-state index in [2.05, 4.69) is 17.4 Å². The molecule has 0 saturated carbocycles. The smallest absolute Gasteiger partial charge is 0.287 e. The van der Waals surface area contributed by atoms with E-state index in [9.17, 15) is 4.79 Å². The maximum Gasteiger partial charge on any atom is 0.287 e. The van der Waals surface area contributed by atoms with Crippen molar-refractivity contribution in [3.05, 3.63) is 47.7 Å². The second-order valence-corrected chi connectivity index (χ2v) is 7.04. The minimum atomic E-state index is -0.103. The zero-order valence-corrected chi connectivity index (χ0v) is 14.7. The Labute approximate surface area is 147 Å². The first-order chi connectivity index (χ1) is 12.2. The predicted octanol–water partition coefficient (Wildman–Crippen LogP) is 2.69. The lowest BCUT2D eigenvalue weighted by atomic mass is 10.1. The van der Waals surface area contributed by atoms with E-state index in [0.717, 1.165) is 40.3 Å². The van der Waals surface area contributed by atoms with Crippen LogP contribution in [0.25, 0.3) is 21.7 Å². The van der Waals surface area contributed by atoms with Crippen LogP contribution in [0.15, 0.2) is 40.8 Å². The molecule has 0 atom stereocenters. The molecule has 0 aliphatic carbocycles. The van der Waals surface area contributed by atoms with Gasteiger partial charge >= 0.3 is 0 Å². The number of carbonyl (C=O) groups is 1. The van der Waals surface area contributed by atoms with Crippen LogP contribution in [0, 0.1) is 6.92 Å². The molecule has 25 heavy (non-hydrogen) atoms. The van der Waals surface area contributed by atoms with E-state index in [-0.39, 0.29) is 5.91 Å². The van der Waals surface area contributed by atoms with Crippen molar-refractivity contribution in [1.82, 2.24) is 5.32 Å². The topological polar surface area (TPSA) is 46.7 Å². The van der Waals surface area contributed by atoms with Gasteiger partial charge in [-0.05, 0) is 12.3 Å². The summed E-state index contributed by atoms with van der Waals surface area (Å²) in [6, 6.07) is 12.2. The molecule has 1 saturated heterocycles. The summed E-state index contributed by atoms with van der Waals surface area (Å²) in [6.07, 6.45) is 3.70. The third-order valence-electron chi connectivity index (χ3n) is 5.34. The van der Waals surface area contributed by atoms with Crippen LogP contribution < -0.4 is 10.2 Å². The molecule has 2 heterocycles. The molecule has 2 aromatic carbocycles. The minimum Gasteiger partial charge on any atom is -0.450 e. The fraction of sp³-hybridized carbons (Fsp3) is 0.381. The number of carbonyl (C=O) groups excluding carboxylic acids is 1. The first-order valence-electron chi connectivity index (χ1n) is 9.26. The standard InChI is InChI=1S/C21H24N2O2/c1-15-17-10-9-16-7-2-3-8-18(16)20(17)25-19(15)21(24)22-11-6-14-23-12-4-5-13-23/h2-3,7-10H,4-6,11-14H2,1H3,(H,22,24)/p+1. The average Bonchev–Trinajstić information content (AvgIpc) is 3.27. The van der Waals surface area contributed by atoms with Crippen LogP contribution in [-0.2, 0) is 0 Å². The number of furan rings is 1. The Bertz CT molecular complexity index is 907. The van der Waals surface area contributed by atoms with Crippen molar-refractivity contribution in [2.75, 3.05) is 26.2 Å².